The molecule has 0 bridgehead atoms. The van der Waals surface area contributed by atoms with Crippen molar-refractivity contribution in [3.63, 3.8) is 0 Å². The topological polar surface area (TPSA) is 49.2 Å². The molecule has 1 aliphatic heterocycles. The van der Waals surface area contributed by atoms with Crippen molar-refractivity contribution in [1.29, 1.82) is 0 Å². The molecular formula is C10H15N3O. The van der Waals surface area contributed by atoms with E-state index in [9.17, 15) is 5.11 Å². The van der Waals surface area contributed by atoms with Crippen LogP contribution in [0.4, 0.5) is 5.95 Å². The van der Waals surface area contributed by atoms with E-state index in [-0.39, 0.29) is 5.75 Å². The first-order valence-corrected chi connectivity index (χ1v) is 5.05. The monoisotopic (exact) mass is 193 g/mol. The molecule has 0 aliphatic carbocycles. The molecule has 0 saturated carbocycles. The van der Waals surface area contributed by atoms with E-state index in [1.807, 2.05) is 0 Å². The summed E-state index contributed by atoms with van der Waals surface area (Å²) in [6.07, 6.45) is 5.20. The molecule has 1 saturated heterocycles. The Morgan fingerprint density at radius 3 is 2.64 bits per heavy atom. The summed E-state index contributed by atoms with van der Waals surface area (Å²) in [5, 5.41) is 9.30. The van der Waals surface area contributed by atoms with E-state index >= 15 is 0 Å². The summed E-state index contributed by atoms with van der Waals surface area (Å²) in [6.45, 7) is 3.86. The highest BCUT2D eigenvalue weighted by atomic mass is 16.3. The van der Waals surface area contributed by atoms with Gasteiger partial charge in [-0.3, -0.25) is 0 Å². The normalized spacial score (nSPS) is 17.1. The summed E-state index contributed by atoms with van der Waals surface area (Å²) in [6, 6.07) is 0. The Labute approximate surface area is 83.6 Å². The summed E-state index contributed by atoms with van der Waals surface area (Å²) in [4.78, 5) is 10.6. The fourth-order valence-corrected chi connectivity index (χ4v) is 1.69. The Bertz CT molecular complexity index is 321. The van der Waals surface area contributed by atoms with Crippen LogP contribution in [-0.4, -0.2) is 28.2 Å². The second-order valence-electron chi connectivity index (χ2n) is 3.69. The zero-order valence-corrected chi connectivity index (χ0v) is 8.40. The molecule has 2 heterocycles. The van der Waals surface area contributed by atoms with Gasteiger partial charge in [-0.15, -0.1) is 0 Å². The van der Waals surface area contributed by atoms with Gasteiger partial charge in [0.05, 0.1) is 11.9 Å². The van der Waals surface area contributed by atoms with Gasteiger partial charge in [-0.25, -0.2) is 9.97 Å². The third-order valence-electron chi connectivity index (χ3n) is 2.58. The maximum Gasteiger partial charge on any atom is 0.225 e. The molecule has 1 N–H and O–H groups in total. The van der Waals surface area contributed by atoms with E-state index in [1.54, 1.807) is 6.92 Å². The summed E-state index contributed by atoms with van der Waals surface area (Å²) < 4.78 is 0. The Kier molecular flexibility index (Phi) is 2.52. The van der Waals surface area contributed by atoms with E-state index < -0.39 is 0 Å². The van der Waals surface area contributed by atoms with Gasteiger partial charge in [0, 0.05) is 13.1 Å². The maximum atomic E-state index is 9.30. The number of rotatable bonds is 1. The van der Waals surface area contributed by atoms with Crippen LogP contribution in [0.5, 0.6) is 5.75 Å². The lowest BCUT2D eigenvalue weighted by Gasteiger charge is -2.26. The van der Waals surface area contributed by atoms with Crippen molar-refractivity contribution in [2.24, 2.45) is 0 Å². The van der Waals surface area contributed by atoms with Crippen molar-refractivity contribution in [3.05, 3.63) is 11.9 Å². The van der Waals surface area contributed by atoms with Gasteiger partial charge in [-0.1, -0.05) is 0 Å². The number of aromatic hydroxyl groups is 1. The number of anilines is 1. The van der Waals surface area contributed by atoms with Gasteiger partial charge in [0.1, 0.15) is 0 Å². The Balaban J connectivity index is 2.18. The van der Waals surface area contributed by atoms with Crippen LogP contribution in [0.25, 0.3) is 0 Å². The second kappa shape index (κ2) is 3.82. The van der Waals surface area contributed by atoms with E-state index in [0.29, 0.717) is 5.69 Å². The number of aromatic nitrogens is 2. The smallest absolute Gasteiger partial charge is 0.225 e. The van der Waals surface area contributed by atoms with Crippen LogP contribution in [-0.2, 0) is 0 Å². The molecule has 1 fully saturated rings. The summed E-state index contributed by atoms with van der Waals surface area (Å²) in [5.74, 6) is 0.922. The summed E-state index contributed by atoms with van der Waals surface area (Å²) in [7, 11) is 0. The molecule has 14 heavy (non-hydrogen) atoms. The van der Waals surface area contributed by atoms with Crippen molar-refractivity contribution < 1.29 is 5.11 Å². The quantitative estimate of drug-likeness (QED) is 0.734. The first-order chi connectivity index (χ1) is 6.77. The van der Waals surface area contributed by atoms with E-state index in [0.717, 1.165) is 19.0 Å². The predicted octanol–water partition coefficient (Wildman–Crippen LogP) is 1.48. The molecule has 0 amide bonds. The molecule has 0 atom stereocenters. The number of nitrogens with zero attached hydrogens (tertiary/aromatic N) is 3. The Hall–Kier alpha value is -1.32. The molecule has 2 rings (SSSR count). The molecule has 0 aromatic carbocycles. The van der Waals surface area contributed by atoms with Crippen molar-refractivity contribution >= 4 is 5.95 Å². The molecule has 4 heteroatoms. The van der Waals surface area contributed by atoms with Crippen LogP contribution < -0.4 is 4.90 Å². The van der Waals surface area contributed by atoms with Crippen LogP contribution in [0.1, 0.15) is 25.0 Å². The average Bonchev–Trinajstić information content (AvgIpc) is 2.23. The number of aryl methyl sites for hydroxylation is 1. The number of hydrogen-bond acceptors (Lipinski definition) is 4. The standard InChI is InChI=1S/C10H15N3O/c1-8-9(14)7-11-10(12-8)13-5-3-2-4-6-13/h7,14H,2-6H2,1H3. The molecule has 1 aromatic rings. The molecule has 0 unspecified atom stereocenters. The molecule has 4 nitrogen and oxygen atoms in total. The Morgan fingerprint density at radius 2 is 2.00 bits per heavy atom. The van der Waals surface area contributed by atoms with Crippen molar-refractivity contribution in [1.82, 2.24) is 9.97 Å². The lowest BCUT2D eigenvalue weighted by atomic mass is 10.1. The average molecular weight is 193 g/mol. The van der Waals surface area contributed by atoms with Crippen LogP contribution in [0, 0.1) is 6.92 Å². The maximum absolute atomic E-state index is 9.30. The zero-order valence-electron chi connectivity index (χ0n) is 8.40. The lowest BCUT2D eigenvalue weighted by Crippen LogP contribution is -2.31. The van der Waals surface area contributed by atoms with Gasteiger partial charge in [0.25, 0.3) is 0 Å². The van der Waals surface area contributed by atoms with Gasteiger partial charge in [0.2, 0.25) is 5.95 Å². The second-order valence-corrected chi connectivity index (χ2v) is 3.69. The minimum Gasteiger partial charge on any atom is -0.504 e. The third-order valence-corrected chi connectivity index (χ3v) is 2.58. The van der Waals surface area contributed by atoms with Crippen molar-refractivity contribution in [2.75, 3.05) is 18.0 Å². The highest BCUT2D eigenvalue weighted by Gasteiger charge is 2.13. The first-order valence-electron chi connectivity index (χ1n) is 5.05. The minimum atomic E-state index is 0.172. The molecule has 0 radical (unpaired) electrons. The van der Waals surface area contributed by atoms with Crippen LogP contribution in [0.2, 0.25) is 0 Å². The highest BCUT2D eigenvalue weighted by molar-refractivity contribution is 5.35. The fourth-order valence-electron chi connectivity index (χ4n) is 1.69. The molecule has 1 aromatic heterocycles. The fraction of sp³-hybridized carbons (Fsp3) is 0.600. The zero-order chi connectivity index (χ0) is 9.97. The summed E-state index contributed by atoms with van der Waals surface area (Å²) in [5.41, 5.74) is 0.653. The van der Waals surface area contributed by atoms with E-state index in [4.69, 9.17) is 0 Å². The largest absolute Gasteiger partial charge is 0.504 e. The number of hydrogen-bond donors (Lipinski definition) is 1. The lowest BCUT2D eigenvalue weighted by molar-refractivity contribution is 0.463. The van der Waals surface area contributed by atoms with E-state index in [2.05, 4.69) is 14.9 Å². The SMILES string of the molecule is Cc1nc(N2CCCCC2)ncc1O. The van der Waals surface area contributed by atoms with Crippen LogP contribution in [0.3, 0.4) is 0 Å². The van der Waals surface area contributed by atoms with E-state index in [1.165, 1.54) is 25.5 Å². The molecular weight excluding hydrogens is 178 g/mol. The van der Waals surface area contributed by atoms with Crippen LogP contribution >= 0.6 is 0 Å². The molecule has 1 aliphatic rings. The van der Waals surface area contributed by atoms with Crippen molar-refractivity contribution in [2.45, 2.75) is 26.2 Å². The van der Waals surface area contributed by atoms with Crippen molar-refractivity contribution in [3.8, 4) is 5.75 Å². The minimum absolute atomic E-state index is 0.172. The molecule has 0 spiro atoms. The number of piperidine rings is 1. The third kappa shape index (κ3) is 1.78. The highest BCUT2D eigenvalue weighted by Crippen LogP contribution is 2.18. The van der Waals surface area contributed by atoms with Gasteiger partial charge in [0.15, 0.2) is 5.75 Å². The van der Waals surface area contributed by atoms with Gasteiger partial charge in [-0.05, 0) is 26.2 Å². The predicted molar refractivity (Wildman–Crippen MR) is 54.5 cm³/mol. The Morgan fingerprint density at radius 1 is 1.29 bits per heavy atom. The summed E-state index contributed by atoms with van der Waals surface area (Å²) >= 11 is 0. The van der Waals surface area contributed by atoms with Gasteiger partial charge < -0.3 is 10.0 Å². The van der Waals surface area contributed by atoms with Gasteiger partial charge in [-0.2, -0.15) is 0 Å². The van der Waals surface area contributed by atoms with Crippen LogP contribution in [0.15, 0.2) is 6.20 Å². The first kappa shape index (κ1) is 9.24. The molecule has 76 valence electrons. The van der Waals surface area contributed by atoms with Gasteiger partial charge >= 0.3 is 0 Å².